The summed E-state index contributed by atoms with van der Waals surface area (Å²) in [4.78, 5) is 26.5. The number of nitrogens with zero attached hydrogens (tertiary/aromatic N) is 4. The third-order valence-corrected chi connectivity index (χ3v) is 6.47. The Kier molecular flexibility index (Phi) is 6.95. The molecule has 1 amide bonds. The van der Waals surface area contributed by atoms with Gasteiger partial charge in [-0.2, -0.15) is 0 Å². The second kappa shape index (κ2) is 10.0. The summed E-state index contributed by atoms with van der Waals surface area (Å²) in [5.41, 5.74) is 2.83. The predicted octanol–water partition coefficient (Wildman–Crippen LogP) is 3.88. The lowest BCUT2D eigenvalue weighted by Crippen LogP contribution is -2.40. The van der Waals surface area contributed by atoms with Crippen LogP contribution in [-0.4, -0.2) is 57.9 Å². The Balaban J connectivity index is 1.31. The van der Waals surface area contributed by atoms with Gasteiger partial charge in [0.2, 0.25) is 0 Å². The van der Waals surface area contributed by atoms with Crippen molar-refractivity contribution in [3.63, 3.8) is 0 Å². The third kappa shape index (κ3) is 5.17. The molecule has 3 heterocycles. The lowest BCUT2D eigenvalue weighted by Gasteiger charge is -2.33. The van der Waals surface area contributed by atoms with Crippen LogP contribution < -0.4 is 5.32 Å². The van der Waals surface area contributed by atoms with Crippen molar-refractivity contribution < 1.29 is 4.79 Å². The van der Waals surface area contributed by atoms with Crippen LogP contribution in [0.5, 0.6) is 0 Å². The van der Waals surface area contributed by atoms with Crippen LogP contribution in [0.25, 0.3) is 0 Å². The van der Waals surface area contributed by atoms with Gasteiger partial charge < -0.3 is 10.2 Å². The second-order valence-corrected chi connectivity index (χ2v) is 8.53. The first-order valence-electron chi connectivity index (χ1n) is 11.3. The maximum atomic E-state index is 13.0. The SMILES string of the molecule is Cc1cccnc1CNc1ccc(C(=O)N2CCCN(C3CCCCC3)CC2)cn1. The molecule has 0 unspecified atom stereocenters. The minimum atomic E-state index is 0.0973. The molecule has 1 aliphatic heterocycles. The molecule has 0 aromatic carbocycles. The Labute approximate surface area is 179 Å². The normalized spacial score (nSPS) is 18.8. The molecule has 2 aromatic rings. The number of amides is 1. The summed E-state index contributed by atoms with van der Waals surface area (Å²) in [6, 6.07) is 8.48. The molecule has 0 radical (unpaired) electrons. The number of anilines is 1. The molecule has 30 heavy (non-hydrogen) atoms. The molecule has 2 aromatic heterocycles. The molecule has 0 spiro atoms. The van der Waals surface area contributed by atoms with Crippen molar-refractivity contribution in [2.75, 3.05) is 31.5 Å². The van der Waals surface area contributed by atoms with E-state index in [4.69, 9.17) is 0 Å². The number of aryl methyl sites for hydroxylation is 1. The van der Waals surface area contributed by atoms with Crippen LogP contribution in [-0.2, 0) is 6.54 Å². The van der Waals surface area contributed by atoms with Crippen LogP contribution in [0.3, 0.4) is 0 Å². The summed E-state index contributed by atoms with van der Waals surface area (Å²) in [7, 11) is 0. The monoisotopic (exact) mass is 407 g/mol. The van der Waals surface area contributed by atoms with Gasteiger partial charge in [0, 0.05) is 44.6 Å². The van der Waals surface area contributed by atoms with Crippen molar-refractivity contribution in [2.24, 2.45) is 0 Å². The number of aromatic nitrogens is 2. The summed E-state index contributed by atoms with van der Waals surface area (Å²) < 4.78 is 0. The van der Waals surface area contributed by atoms with E-state index in [1.165, 1.54) is 32.1 Å². The Bertz CT molecular complexity index is 832. The van der Waals surface area contributed by atoms with Crippen LogP contribution in [0.1, 0.15) is 60.1 Å². The van der Waals surface area contributed by atoms with Crippen LogP contribution in [0.4, 0.5) is 5.82 Å². The number of hydrogen-bond donors (Lipinski definition) is 1. The van der Waals surface area contributed by atoms with Crippen molar-refractivity contribution in [3.8, 4) is 0 Å². The van der Waals surface area contributed by atoms with Gasteiger partial charge in [0.15, 0.2) is 0 Å². The van der Waals surface area contributed by atoms with E-state index in [0.29, 0.717) is 12.1 Å². The van der Waals surface area contributed by atoms with Gasteiger partial charge >= 0.3 is 0 Å². The standard InChI is InChI=1S/C24H33N5O/c1-19-7-5-12-25-22(19)18-27-23-11-10-20(17-26-23)24(30)29-14-6-13-28(15-16-29)21-8-3-2-4-9-21/h5,7,10-12,17,21H,2-4,6,8-9,13-16,18H2,1H3,(H,26,27). The minimum Gasteiger partial charge on any atom is -0.364 e. The van der Waals surface area contributed by atoms with Crippen LogP contribution >= 0.6 is 0 Å². The molecule has 6 nitrogen and oxygen atoms in total. The van der Waals surface area contributed by atoms with Crippen molar-refractivity contribution in [3.05, 3.63) is 53.5 Å². The van der Waals surface area contributed by atoms with E-state index in [0.717, 1.165) is 55.7 Å². The van der Waals surface area contributed by atoms with E-state index < -0.39 is 0 Å². The molecule has 0 atom stereocenters. The molecule has 2 fully saturated rings. The number of hydrogen-bond acceptors (Lipinski definition) is 5. The Morgan fingerprint density at radius 1 is 1.03 bits per heavy atom. The van der Waals surface area contributed by atoms with Crippen molar-refractivity contribution in [1.29, 1.82) is 0 Å². The molecule has 1 aliphatic carbocycles. The Morgan fingerprint density at radius 3 is 2.67 bits per heavy atom. The fourth-order valence-electron chi connectivity index (χ4n) is 4.64. The largest absolute Gasteiger partial charge is 0.364 e. The lowest BCUT2D eigenvalue weighted by molar-refractivity contribution is 0.0754. The third-order valence-electron chi connectivity index (χ3n) is 6.47. The number of pyridine rings is 2. The maximum Gasteiger partial charge on any atom is 0.255 e. The van der Waals surface area contributed by atoms with Crippen molar-refractivity contribution >= 4 is 11.7 Å². The topological polar surface area (TPSA) is 61.4 Å². The zero-order valence-corrected chi connectivity index (χ0v) is 18.0. The van der Waals surface area contributed by atoms with Crippen molar-refractivity contribution in [2.45, 2.75) is 58.0 Å². The summed E-state index contributed by atoms with van der Waals surface area (Å²) in [5.74, 6) is 0.857. The summed E-state index contributed by atoms with van der Waals surface area (Å²) in [6.45, 7) is 6.43. The van der Waals surface area contributed by atoms with Gasteiger partial charge in [-0.05, 0) is 49.9 Å². The fourth-order valence-corrected chi connectivity index (χ4v) is 4.64. The van der Waals surface area contributed by atoms with E-state index in [9.17, 15) is 4.79 Å². The lowest BCUT2D eigenvalue weighted by atomic mass is 9.94. The average Bonchev–Trinajstić information content (AvgIpc) is 3.05. The van der Waals surface area contributed by atoms with Gasteiger partial charge in [-0.15, -0.1) is 0 Å². The van der Waals surface area contributed by atoms with Crippen LogP contribution in [0.2, 0.25) is 0 Å². The number of carbonyl (C=O) groups excluding carboxylic acids is 1. The molecular weight excluding hydrogens is 374 g/mol. The first-order chi connectivity index (χ1) is 14.7. The first kappa shape index (κ1) is 20.8. The maximum absolute atomic E-state index is 13.0. The van der Waals surface area contributed by atoms with E-state index in [-0.39, 0.29) is 5.91 Å². The summed E-state index contributed by atoms with van der Waals surface area (Å²) in [6.07, 6.45) is 11.3. The van der Waals surface area contributed by atoms with Gasteiger partial charge in [0.1, 0.15) is 5.82 Å². The predicted molar refractivity (Wildman–Crippen MR) is 120 cm³/mol. The zero-order valence-electron chi connectivity index (χ0n) is 18.0. The van der Waals surface area contributed by atoms with Crippen LogP contribution in [0.15, 0.2) is 36.7 Å². The smallest absolute Gasteiger partial charge is 0.255 e. The highest BCUT2D eigenvalue weighted by atomic mass is 16.2. The Hall–Kier alpha value is -2.47. The van der Waals surface area contributed by atoms with E-state index in [1.807, 2.05) is 23.1 Å². The molecule has 2 aliphatic rings. The van der Waals surface area contributed by atoms with Gasteiger partial charge in [-0.3, -0.25) is 14.7 Å². The summed E-state index contributed by atoms with van der Waals surface area (Å²) in [5, 5.41) is 3.29. The van der Waals surface area contributed by atoms with Crippen molar-refractivity contribution in [1.82, 2.24) is 19.8 Å². The van der Waals surface area contributed by atoms with Gasteiger partial charge in [0.05, 0.1) is 17.8 Å². The van der Waals surface area contributed by atoms with E-state index in [2.05, 4.69) is 33.2 Å². The summed E-state index contributed by atoms with van der Waals surface area (Å²) >= 11 is 0. The number of carbonyl (C=O) groups is 1. The molecule has 0 bridgehead atoms. The van der Waals surface area contributed by atoms with E-state index >= 15 is 0 Å². The molecule has 1 saturated heterocycles. The fraction of sp³-hybridized carbons (Fsp3) is 0.542. The highest BCUT2D eigenvalue weighted by Gasteiger charge is 2.25. The molecule has 4 rings (SSSR count). The molecular formula is C24H33N5O. The van der Waals surface area contributed by atoms with Gasteiger partial charge in [-0.25, -0.2) is 4.98 Å². The highest BCUT2D eigenvalue weighted by molar-refractivity contribution is 5.94. The quantitative estimate of drug-likeness (QED) is 0.815. The zero-order chi connectivity index (χ0) is 20.8. The highest BCUT2D eigenvalue weighted by Crippen LogP contribution is 2.24. The Morgan fingerprint density at radius 2 is 1.90 bits per heavy atom. The van der Waals surface area contributed by atoms with Gasteiger partial charge in [-0.1, -0.05) is 25.3 Å². The molecule has 160 valence electrons. The molecule has 1 saturated carbocycles. The molecule has 1 N–H and O–H groups in total. The van der Waals surface area contributed by atoms with E-state index in [1.54, 1.807) is 12.4 Å². The minimum absolute atomic E-state index is 0.0973. The number of nitrogens with one attached hydrogen (secondary N) is 1. The van der Waals surface area contributed by atoms with Gasteiger partial charge in [0.25, 0.3) is 5.91 Å². The first-order valence-corrected chi connectivity index (χ1v) is 11.3. The number of rotatable bonds is 5. The molecule has 6 heteroatoms. The average molecular weight is 408 g/mol. The second-order valence-electron chi connectivity index (χ2n) is 8.53. The van der Waals surface area contributed by atoms with Crippen LogP contribution in [0, 0.1) is 6.92 Å².